The highest BCUT2D eigenvalue weighted by Crippen LogP contribution is 2.31. The summed E-state index contributed by atoms with van der Waals surface area (Å²) in [5, 5.41) is 41.3. The number of aromatic hydroxyl groups is 1. The minimum absolute atomic E-state index is 0.0191. The van der Waals surface area contributed by atoms with E-state index in [0.29, 0.717) is 0 Å². The first-order valence-electron chi connectivity index (χ1n) is 6.28. The lowest BCUT2D eigenvalue weighted by atomic mass is 10.0. The van der Waals surface area contributed by atoms with Gasteiger partial charge in [0.1, 0.15) is 5.75 Å². The first-order valence-corrected chi connectivity index (χ1v) is 6.28. The summed E-state index contributed by atoms with van der Waals surface area (Å²) in [5.74, 6) is -5.27. The van der Waals surface area contributed by atoms with Crippen LogP contribution in [0, 0.1) is 0 Å². The van der Waals surface area contributed by atoms with E-state index in [2.05, 4.69) is 5.32 Å². The maximum Gasteiger partial charge on any atom is 0.341 e. The van der Waals surface area contributed by atoms with Crippen LogP contribution < -0.4 is 5.32 Å². The van der Waals surface area contributed by atoms with Gasteiger partial charge < -0.3 is 29.9 Å². The van der Waals surface area contributed by atoms with Gasteiger partial charge in [0.05, 0.1) is 0 Å². The van der Waals surface area contributed by atoms with Crippen molar-refractivity contribution in [3.8, 4) is 5.75 Å². The number of esters is 2. The average Bonchev–Trinajstić information content (AvgIpc) is 2.50. The van der Waals surface area contributed by atoms with Crippen molar-refractivity contribution in [3.05, 3.63) is 29.8 Å². The normalized spacial score (nSPS) is 32.6. The van der Waals surface area contributed by atoms with Crippen LogP contribution in [-0.2, 0) is 24.8 Å². The molecule has 0 saturated carbocycles. The van der Waals surface area contributed by atoms with Crippen molar-refractivity contribution < 1.29 is 39.5 Å². The Morgan fingerprint density at radius 3 is 2.18 bits per heavy atom. The zero-order valence-corrected chi connectivity index (χ0v) is 11.5. The summed E-state index contributed by atoms with van der Waals surface area (Å²) >= 11 is 0. The lowest BCUT2D eigenvalue weighted by Gasteiger charge is -2.37. The fourth-order valence-corrected chi connectivity index (χ4v) is 1.96. The largest absolute Gasteiger partial charge is 0.508 e. The summed E-state index contributed by atoms with van der Waals surface area (Å²) in [6, 6.07) is 4.93. The van der Waals surface area contributed by atoms with Crippen LogP contribution in [0.15, 0.2) is 24.3 Å². The summed E-state index contributed by atoms with van der Waals surface area (Å²) in [7, 11) is 1.32. The Bertz CT molecular complexity index is 574. The summed E-state index contributed by atoms with van der Waals surface area (Å²) in [5.41, 5.74) is -0.0191. The fraction of sp³-hybridized carbons (Fsp3) is 0.385. The number of cyclic esters (lactones) is 2. The molecule has 120 valence electrons. The molecular formula is C13H15NO8. The Morgan fingerprint density at radius 1 is 1.09 bits per heavy atom. The number of rotatable bonds is 2. The molecule has 4 atom stereocenters. The summed E-state index contributed by atoms with van der Waals surface area (Å²) in [6.07, 6.45) is -5.88. The number of phenols is 1. The molecular weight excluding hydrogens is 298 g/mol. The first kappa shape index (κ1) is 16.2. The van der Waals surface area contributed by atoms with Gasteiger partial charge in [-0.25, -0.2) is 9.59 Å². The zero-order valence-electron chi connectivity index (χ0n) is 11.5. The molecule has 4 unspecified atom stereocenters. The second kappa shape index (κ2) is 5.89. The highest BCUT2D eigenvalue weighted by molar-refractivity contribution is 5.86. The smallest absolute Gasteiger partial charge is 0.341 e. The van der Waals surface area contributed by atoms with Crippen molar-refractivity contribution >= 4 is 11.9 Å². The van der Waals surface area contributed by atoms with Crippen molar-refractivity contribution in [2.75, 3.05) is 7.05 Å². The Hall–Kier alpha value is -2.20. The maximum atomic E-state index is 11.8. The molecule has 1 aromatic carbocycles. The number of phenolic OH excluding ortho intramolecular Hbond substituents is 1. The monoisotopic (exact) mass is 313 g/mol. The maximum absolute atomic E-state index is 11.8. The zero-order chi connectivity index (χ0) is 16.5. The molecule has 0 bridgehead atoms. The number of hydrogen-bond donors (Lipinski definition) is 5. The lowest BCUT2D eigenvalue weighted by Crippen LogP contribution is -2.58. The minimum Gasteiger partial charge on any atom is -0.508 e. The van der Waals surface area contributed by atoms with E-state index in [0.717, 1.165) is 0 Å². The molecule has 0 spiro atoms. The van der Waals surface area contributed by atoms with E-state index in [9.17, 15) is 30.0 Å². The van der Waals surface area contributed by atoms with Crippen molar-refractivity contribution in [2.24, 2.45) is 0 Å². The molecule has 1 aromatic rings. The van der Waals surface area contributed by atoms with Crippen molar-refractivity contribution in [2.45, 2.75) is 24.2 Å². The summed E-state index contributed by atoms with van der Waals surface area (Å²) < 4.78 is 9.65. The molecule has 0 radical (unpaired) electrons. The SMILES string of the molecule is CNC1OC(=O)C(O)C(O)C(=O)OC1(O)c1ccc(O)cc1. The van der Waals surface area contributed by atoms with Gasteiger partial charge >= 0.3 is 11.9 Å². The molecule has 0 aromatic heterocycles. The van der Waals surface area contributed by atoms with Crippen molar-refractivity contribution in [3.63, 3.8) is 0 Å². The number of carbonyl (C=O) groups is 2. The first-order chi connectivity index (χ1) is 10.3. The van der Waals surface area contributed by atoms with Crippen LogP contribution in [0.4, 0.5) is 0 Å². The number of likely N-dealkylation sites (N-methyl/N-ethyl adjacent to an activating group) is 1. The molecule has 1 saturated heterocycles. The molecule has 1 fully saturated rings. The van der Waals surface area contributed by atoms with Gasteiger partial charge in [0, 0.05) is 5.56 Å². The summed E-state index contributed by atoms with van der Waals surface area (Å²) in [6.45, 7) is 0. The minimum atomic E-state index is -2.46. The van der Waals surface area contributed by atoms with E-state index in [4.69, 9.17) is 9.47 Å². The molecule has 0 amide bonds. The Kier molecular flexibility index (Phi) is 4.33. The van der Waals surface area contributed by atoms with Crippen molar-refractivity contribution in [1.29, 1.82) is 0 Å². The molecule has 9 nitrogen and oxygen atoms in total. The third-order valence-corrected chi connectivity index (χ3v) is 3.17. The van der Waals surface area contributed by atoms with E-state index in [1.54, 1.807) is 0 Å². The molecule has 5 N–H and O–H groups in total. The van der Waals surface area contributed by atoms with E-state index in [1.807, 2.05) is 0 Å². The Balaban J connectivity index is 2.47. The summed E-state index contributed by atoms with van der Waals surface area (Å²) in [4.78, 5) is 23.4. The molecule has 1 aliphatic rings. The predicted molar refractivity (Wildman–Crippen MR) is 69.0 cm³/mol. The molecule has 22 heavy (non-hydrogen) atoms. The van der Waals surface area contributed by atoms with E-state index >= 15 is 0 Å². The molecule has 1 aliphatic heterocycles. The second-order valence-electron chi connectivity index (χ2n) is 4.66. The Morgan fingerprint density at radius 2 is 1.64 bits per heavy atom. The third kappa shape index (κ3) is 2.74. The second-order valence-corrected chi connectivity index (χ2v) is 4.66. The van der Waals surface area contributed by atoms with Gasteiger partial charge in [0.25, 0.3) is 5.79 Å². The number of nitrogens with one attached hydrogen (secondary N) is 1. The van der Waals surface area contributed by atoms with Gasteiger partial charge in [-0.2, -0.15) is 0 Å². The van der Waals surface area contributed by atoms with E-state index < -0.39 is 36.2 Å². The van der Waals surface area contributed by atoms with Gasteiger partial charge in [0.15, 0.2) is 12.2 Å². The number of benzene rings is 1. The van der Waals surface area contributed by atoms with Gasteiger partial charge in [-0.1, -0.05) is 0 Å². The molecule has 0 aliphatic carbocycles. The molecule has 2 rings (SSSR count). The van der Waals surface area contributed by atoms with Gasteiger partial charge in [-0.05, 0) is 31.3 Å². The fourth-order valence-electron chi connectivity index (χ4n) is 1.96. The van der Waals surface area contributed by atoms with Crippen LogP contribution in [-0.4, -0.2) is 57.8 Å². The van der Waals surface area contributed by atoms with Crippen LogP contribution in [0.3, 0.4) is 0 Å². The third-order valence-electron chi connectivity index (χ3n) is 3.17. The predicted octanol–water partition coefficient (Wildman–Crippen LogP) is -2.10. The van der Waals surface area contributed by atoms with Gasteiger partial charge in [-0.15, -0.1) is 0 Å². The van der Waals surface area contributed by atoms with E-state index in [1.165, 1.54) is 31.3 Å². The Labute approximate surface area is 124 Å². The quantitative estimate of drug-likeness (QED) is 0.388. The van der Waals surface area contributed by atoms with Crippen LogP contribution in [0.5, 0.6) is 5.75 Å². The van der Waals surface area contributed by atoms with Gasteiger partial charge in [0.2, 0.25) is 6.23 Å². The van der Waals surface area contributed by atoms with Gasteiger partial charge in [-0.3, -0.25) is 5.32 Å². The standard InChI is InChI=1S/C13H15NO8/c1-14-12-13(20,6-2-4-7(15)5-3-6)22-11(19)9(17)8(16)10(18)21-12/h2-5,8-9,12,14-17,20H,1H3. The number of aliphatic hydroxyl groups excluding tert-OH is 2. The number of hydrogen-bond acceptors (Lipinski definition) is 9. The molecule has 1 heterocycles. The highest BCUT2D eigenvalue weighted by atomic mass is 16.7. The topological polar surface area (TPSA) is 146 Å². The lowest BCUT2D eigenvalue weighted by molar-refractivity contribution is -0.282. The highest BCUT2D eigenvalue weighted by Gasteiger charge is 2.50. The van der Waals surface area contributed by atoms with Crippen LogP contribution in [0.1, 0.15) is 5.56 Å². The van der Waals surface area contributed by atoms with E-state index in [-0.39, 0.29) is 11.3 Å². The van der Waals surface area contributed by atoms with Crippen molar-refractivity contribution in [1.82, 2.24) is 5.32 Å². The number of ether oxygens (including phenoxy) is 2. The number of aliphatic hydroxyl groups is 3. The molecule has 9 heteroatoms. The van der Waals surface area contributed by atoms with Crippen LogP contribution >= 0.6 is 0 Å². The number of carbonyl (C=O) groups excluding carboxylic acids is 2. The van der Waals surface area contributed by atoms with Crippen LogP contribution in [0.25, 0.3) is 0 Å². The average molecular weight is 313 g/mol. The van der Waals surface area contributed by atoms with Crippen LogP contribution in [0.2, 0.25) is 0 Å².